The molecule has 6 fully saturated rings. The minimum absolute atomic E-state index is 0.00265. The highest BCUT2D eigenvalue weighted by Crippen LogP contribution is 2.57. The third-order valence-electron chi connectivity index (χ3n) is 21.9. The first-order valence-corrected chi connectivity index (χ1v) is 45.3. The smallest absolute Gasteiger partial charge is 0.421 e. The molecule has 4 saturated carbocycles. The van der Waals surface area contributed by atoms with Gasteiger partial charge in [-0.25, -0.2) is 24.9 Å². The minimum atomic E-state index is -4.77. The van der Waals surface area contributed by atoms with Crippen molar-refractivity contribution in [2.75, 3.05) is 130 Å². The number of ether oxygens (including phenoxy) is 2. The Morgan fingerprint density at radius 3 is 1.76 bits per heavy atom. The number of hydrogen-bond donors (Lipinski definition) is 6. The third-order valence-corrected chi connectivity index (χ3v) is 26.6. The van der Waals surface area contributed by atoms with E-state index in [1.165, 1.54) is 13.3 Å². The molecule has 4 aliphatic carbocycles. The predicted molar refractivity (Wildman–Crippen MR) is 430 cm³/mol. The van der Waals surface area contributed by atoms with Crippen LogP contribution < -0.4 is 62.3 Å². The maximum atomic E-state index is 15.7. The second-order valence-electron chi connectivity index (χ2n) is 31.1. The van der Waals surface area contributed by atoms with Gasteiger partial charge in [-0.3, -0.25) is 14.5 Å². The fourth-order valence-corrected chi connectivity index (χ4v) is 19.2. The van der Waals surface area contributed by atoms with E-state index in [1.54, 1.807) is 125 Å². The molecule has 588 valence electrons. The molecule has 24 nitrogen and oxygen atoms in total. The van der Waals surface area contributed by atoms with Gasteiger partial charge in [-0.05, 0) is 194 Å². The Kier molecular flexibility index (Phi) is 21.4. The molecule has 5 aromatic heterocycles. The van der Waals surface area contributed by atoms with Crippen molar-refractivity contribution in [1.82, 2.24) is 59.5 Å². The quantitative estimate of drug-likeness (QED) is 0.0242. The van der Waals surface area contributed by atoms with Crippen molar-refractivity contribution in [3.05, 3.63) is 155 Å². The van der Waals surface area contributed by atoms with Crippen LogP contribution in [0.1, 0.15) is 73.8 Å². The van der Waals surface area contributed by atoms with Crippen molar-refractivity contribution in [1.29, 1.82) is 0 Å². The van der Waals surface area contributed by atoms with Crippen molar-refractivity contribution in [3.63, 3.8) is 0 Å². The Bertz CT molecular complexity index is 5290. The van der Waals surface area contributed by atoms with E-state index in [9.17, 15) is 26.9 Å². The van der Waals surface area contributed by atoms with Crippen LogP contribution >= 0.6 is 33.0 Å². The molecule has 112 heavy (non-hydrogen) atoms. The predicted octanol–water partition coefficient (Wildman–Crippen LogP) is 16.2. The number of piperidine rings is 1. The summed E-state index contributed by atoms with van der Waals surface area (Å²) in [7, 11) is -4.93. The van der Waals surface area contributed by atoms with E-state index >= 15 is 13.2 Å². The molecule has 10 aromatic rings. The van der Waals surface area contributed by atoms with Crippen molar-refractivity contribution in [2.24, 2.45) is 17.8 Å². The normalized spacial score (nSPS) is 19.2. The number of anilines is 12. The fourth-order valence-electron chi connectivity index (χ4n) is 16.6. The summed E-state index contributed by atoms with van der Waals surface area (Å²) in [6.07, 6.45) is 1.90. The van der Waals surface area contributed by atoms with Crippen LogP contribution in [0.4, 0.5) is 95.9 Å². The van der Waals surface area contributed by atoms with E-state index in [1.807, 2.05) is 42.5 Å². The van der Waals surface area contributed by atoms with Crippen molar-refractivity contribution < 1.29 is 49.5 Å². The molecule has 5 aromatic carbocycles. The van der Waals surface area contributed by atoms with Crippen LogP contribution in [-0.2, 0) is 39.1 Å². The lowest BCUT2D eigenvalue weighted by Gasteiger charge is -2.57. The Morgan fingerprint density at radius 1 is 0.554 bits per heavy atom. The van der Waals surface area contributed by atoms with Gasteiger partial charge in [0.25, 0.3) is 5.88 Å². The lowest BCUT2D eigenvalue weighted by Crippen LogP contribution is -2.55. The highest BCUT2D eigenvalue weighted by atomic mass is 35.5. The lowest BCUT2D eigenvalue weighted by molar-refractivity contribution is -0.139. The van der Waals surface area contributed by atoms with Gasteiger partial charge in [0.15, 0.2) is 11.6 Å². The molecule has 2 saturated heterocycles. The van der Waals surface area contributed by atoms with Crippen molar-refractivity contribution >= 4 is 130 Å². The summed E-state index contributed by atoms with van der Waals surface area (Å²) >= 11 is 7.28. The largest absolute Gasteiger partial charge is 0.494 e. The number of rotatable bonds is 24. The van der Waals surface area contributed by atoms with E-state index in [2.05, 4.69) is 81.6 Å². The van der Waals surface area contributed by atoms with Gasteiger partial charge in [0, 0.05) is 114 Å². The highest BCUT2D eigenvalue weighted by molar-refractivity contribution is 7.70. The standard InChI is InChI=1S/C78H87ClF6N19O5P3/c1-108-63-37-56(102-27-25-55(26-28-102)103-31-29-101(30-32-103)45-61-65(78(83,84)85)69(100-76-38-47-33-48(39-76)35-49(34-47)40-76)98-74(93-61)91-53-15-21-58(22-16-53)111(5,6)106)18-23-60(63)92-75-95-67(66(79)70(99-75)96-71-72(109-2)94-64(43-86-71)112(7,8)107)50-11-9-46(10-12-50)44-104-62-24-17-54(36-51(62)41-88-104)89-68-59(77(80,81)82)42-87-73(97-68)90-52-13-19-57(20-14-52)110(3,4)105/h9-24,36-37,41-43,47-49,55H,25-35,38-40,44-45H2,1-8H3,(H2,87,89,90,97)(H2,91,93,98,100)(H2,86,92,95,96,99). The summed E-state index contributed by atoms with van der Waals surface area (Å²) in [6, 6.07) is 32.5. The molecule has 34 heteroatoms. The molecule has 0 radical (unpaired) electrons. The Hall–Kier alpha value is -9.43. The van der Waals surface area contributed by atoms with Crippen LogP contribution in [0.15, 0.2) is 128 Å². The Morgan fingerprint density at radius 2 is 1.16 bits per heavy atom. The van der Waals surface area contributed by atoms with Gasteiger partial charge < -0.3 is 60.0 Å². The first kappa shape index (κ1) is 77.9. The van der Waals surface area contributed by atoms with E-state index < -0.39 is 56.3 Å². The molecule has 0 spiro atoms. The Balaban J connectivity index is 0.620. The van der Waals surface area contributed by atoms with Gasteiger partial charge in [0.1, 0.15) is 60.4 Å². The van der Waals surface area contributed by atoms with E-state index in [-0.39, 0.29) is 69.9 Å². The summed E-state index contributed by atoms with van der Waals surface area (Å²) in [5, 5.41) is 25.8. The molecule has 7 heterocycles. The molecule has 0 amide bonds. The number of alkyl halides is 6. The first-order valence-electron chi connectivity index (χ1n) is 37.1. The van der Waals surface area contributed by atoms with Gasteiger partial charge in [-0.15, -0.1) is 0 Å². The molecule has 6 aliphatic rings. The highest BCUT2D eigenvalue weighted by Gasteiger charge is 2.52. The SMILES string of the molecule is COc1cc(N2CCC(N3CCN(Cc4nc(Nc5ccc(P(C)(C)=O)cc5)nc(NC56CC7CC(CC(C7)C5)C6)c4C(F)(F)F)CC3)CC2)ccc1Nc1nc(Nc2ncc(P(C)(C)=O)nc2OC)c(Cl)c(-c2ccc(Cn3ncc4cc(Nc5nc(Nc6ccc(P(C)(C)=O)cc6)ncc5C(F)(F)F)ccc43)cc2)n1. The summed E-state index contributed by atoms with van der Waals surface area (Å²) in [4.78, 5) is 43.1. The van der Waals surface area contributed by atoms with E-state index in [0.29, 0.717) is 118 Å². The number of fused-ring (bicyclic) bond motifs is 1. The zero-order valence-electron chi connectivity index (χ0n) is 63.1. The molecule has 2 aliphatic heterocycles. The fraction of sp³-hybridized carbons (Fsp3) is 0.397. The van der Waals surface area contributed by atoms with Crippen LogP contribution in [0.25, 0.3) is 22.2 Å². The van der Waals surface area contributed by atoms with Gasteiger partial charge in [-0.1, -0.05) is 35.9 Å². The van der Waals surface area contributed by atoms with Crippen LogP contribution in [-0.4, -0.2) is 165 Å². The second kappa shape index (κ2) is 30.8. The summed E-state index contributed by atoms with van der Waals surface area (Å²) < 4.78 is 142. The average molecular weight is 1610 g/mol. The van der Waals surface area contributed by atoms with Crippen molar-refractivity contribution in [2.45, 2.75) is 88.4 Å². The average Bonchev–Trinajstić information content (AvgIpc) is 0.814. The number of nitrogens with zero attached hydrogens (tertiary/aromatic N) is 13. The van der Waals surface area contributed by atoms with Crippen LogP contribution in [0, 0.1) is 17.8 Å². The number of nitrogens with one attached hydrogen (secondary N) is 6. The van der Waals surface area contributed by atoms with Gasteiger partial charge in [-0.2, -0.15) is 46.4 Å². The van der Waals surface area contributed by atoms with Crippen LogP contribution in [0.5, 0.6) is 11.6 Å². The number of hydrogen-bond acceptors (Lipinski definition) is 23. The number of aromatic nitrogens is 10. The number of halogens is 7. The molecule has 0 unspecified atom stereocenters. The molecular weight excluding hydrogens is 1530 g/mol. The maximum absolute atomic E-state index is 15.7. The zero-order chi connectivity index (χ0) is 78.8. The lowest BCUT2D eigenvalue weighted by atomic mass is 9.53. The first-order chi connectivity index (χ1) is 53.2. The number of piperazine rings is 1. The molecule has 0 atom stereocenters. The van der Waals surface area contributed by atoms with Gasteiger partial charge >= 0.3 is 12.4 Å². The Labute approximate surface area is 649 Å². The summed E-state index contributed by atoms with van der Waals surface area (Å²) in [6.45, 7) is 14.1. The summed E-state index contributed by atoms with van der Waals surface area (Å²) in [5.41, 5.74) is 3.25. The van der Waals surface area contributed by atoms with E-state index in [4.69, 9.17) is 31.0 Å². The maximum Gasteiger partial charge on any atom is 0.421 e. The number of benzene rings is 5. The minimum Gasteiger partial charge on any atom is -0.494 e. The molecule has 6 N–H and O–H groups in total. The molecular formula is C78H87ClF6N19O5P3. The van der Waals surface area contributed by atoms with Crippen LogP contribution in [0.2, 0.25) is 5.02 Å². The third kappa shape index (κ3) is 17.4. The van der Waals surface area contributed by atoms with E-state index in [0.717, 1.165) is 75.7 Å². The molecule has 4 bridgehead atoms. The number of methoxy groups -OCH3 is 2. The van der Waals surface area contributed by atoms with Crippen LogP contribution in [0.3, 0.4) is 0 Å². The topological polar surface area (TPSA) is 273 Å². The van der Waals surface area contributed by atoms with Gasteiger partial charge in [0.05, 0.1) is 55.7 Å². The monoisotopic (exact) mass is 1610 g/mol. The molecule has 16 rings (SSSR count). The second-order valence-corrected chi connectivity index (χ2v) is 41.1. The summed E-state index contributed by atoms with van der Waals surface area (Å²) in [5.74, 6) is 1.85. The van der Waals surface area contributed by atoms with Gasteiger partial charge in [0.2, 0.25) is 17.8 Å². The van der Waals surface area contributed by atoms with Crippen molar-refractivity contribution in [3.8, 4) is 22.9 Å². The zero-order valence-corrected chi connectivity index (χ0v) is 66.5.